The number of methoxy groups -OCH3 is 1. The molecule has 0 heterocycles. The summed E-state index contributed by atoms with van der Waals surface area (Å²) in [7, 11) is -2.25. The zero-order valence-electron chi connectivity index (χ0n) is 14.1. The number of amides is 1. The Hall–Kier alpha value is -2.61. The van der Waals surface area contributed by atoms with Crippen molar-refractivity contribution in [2.75, 3.05) is 23.0 Å². The van der Waals surface area contributed by atoms with Gasteiger partial charge < -0.3 is 10.1 Å². The van der Waals surface area contributed by atoms with Crippen LogP contribution >= 0.6 is 0 Å². The van der Waals surface area contributed by atoms with Crippen LogP contribution in [0.4, 0.5) is 15.8 Å². The molecule has 2 aromatic rings. The zero-order chi connectivity index (χ0) is 18.6. The fourth-order valence-electron chi connectivity index (χ4n) is 2.34. The van der Waals surface area contributed by atoms with Gasteiger partial charge in [-0.25, -0.2) is 12.8 Å². The number of hydrogen-bond donors (Lipinski definition) is 1. The van der Waals surface area contributed by atoms with E-state index in [4.69, 9.17) is 4.74 Å². The first-order valence-electron chi connectivity index (χ1n) is 7.43. The van der Waals surface area contributed by atoms with Crippen molar-refractivity contribution in [2.45, 2.75) is 13.0 Å². The molecule has 1 amide bonds. The van der Waals surface area contributed by atoms with Gasteiger partial charge in [-0.2, -0.15) is 0 Å². The van der Waals surface area contributed by atoms with E-state index in [2.05, 4.69) is 5.32 Å². The maximum Gasteiger partial charge on any atom is 0.248 e. The molecule has 0 aliphatic heterocycles. The van der Waals surface area contributed by atoms with E-state index in [-0.39, 0.29) is 5.69 Å². The van der Waals surface area contributed by atoms with Gasteiger partial charge in [0, 0.05) is 0 Å². The molecule has 0 bridgehead atoms. The molecule has 0 aliphatic carbocycles. The van der Waals surface area contributed by atoms with E-state index in [1.807, 2.05) is 0 Å². The van der Waals surface area contributed by atoms with Crippen LogP contribution in [0.1, 0.15) is 6.92 Å². The Balaban J connectivity index is 2.31. The summed E-state index contributed by atoms with van der Waals surface area (Å²) in [5.74, 6) is -0.689. The molecule has 0 spiro atoms. The van der Waals surface area contributed by atoms with Gasteiger partial charge in [-0.3, -0.25) is 9.10 Å². The second-order valence-electron chi connectivity index (χ2n) is 5.40. The van der Waals surface area contributed by atoms with Crippen molar-refractivity contribution in [1.29, 1.82) is 0 Å². The van der Waals surface area contributed by atoms with E-state index in [1.54, 1.807) is 18.2 Å². The molecular weight excluding hydrogens is 347 g/mol. The lowest BCUT2D eigenvalue weighted by Gasteiger charge is -2.28. The summed E-state index contributed by atoms with van der Waals surface area (Å²) in [5, 5.41) is 2.41. The Kier molecular flexibility index (Phi) is 5.63. The lowest BCUT2D eigenvalue weighted by Crippen LogP contribution is -2.45. The topological polar surface area (TPSA) is 75.7 Å². The molecular formula is C17H19FN2O4S. The third-order valence-corrected chi connectivity index (χ3v) is 4.79. The van der Waals surface area contributed by atoms with Gasteiger partial charge in [-0.05, 0) is 43.3 Å². The van der Waals surface area contributed by atoms with Crippen LogP contribution in [-0.2, 0) is 14.8 Å². The summed E-state index contributed by atoms with van der Waals surface area (Å²) in [5.41, 5.74) is 0.294. The molecule has 1 N–H and O–H groups in total. The number of anilines is 2. The molecule has 25 heavy (non-hydrogen) atoms. The predicted octanol–water partition coefficient (Wildman–Crippen LogP) is 2.63. The van der Waals surface area contributed by atoms with Crippen LogP contribution in [0.15, 0.2) is 48.5 Å². The minimum Gasteiger partial charge on any atom is -0.497 e. The van der Waals surface area contributed by atoms with Crippen molar-refractivity contribution < 1.29 is 22.3 Å². The fourth-order valence-corrected chi connectivity index (χ4v) is 3.51. The Morgan fingerprint density at radius 1 is 1.16 bits per heavy atom. The van der Waals surface area contributed by atoms with E-state index in [0.717, 1.165) is 10.6 Å². The number of benzene rings is 2. The minimum absolute atomic E-state index is 0.0115. The number of rotatable bonds is 6. The maximum atomic E-state index is 13.7. The molecule has 8 heteroatoms. The first kappa shape index (κ1) is 18.7. The highest BCUT2D eigenvalue weighted by Crippen LogP contribution is 2.24. The molecule has 6 nitrogen and oxygen atoms in total. The molecule has 134 valence electrons. The fraction of sp³-hybridized carbons (Fsp3) is 0.235. The minimum atomic E-state index is -3.75. The summed E-state index contributed by atoms with van der Waals surface area (Å²) < 4.78 is 44.1. The highest BCUT2D eigenvalue weighted by atomic mass is 32.2. The van der Waals surface area contributed by atoms with Crippen LogP contribution in [0.5, 0.6) is 5.75 Å². The predicted molar refractivity (Wildman–Crippen MR) is 94.8 cm³/mol. The number of ether oxygens (including phenoxy) is 1. The average molecular weight is 366 g/mol. The Labute approximate surface area is 146 Å². The quantitative estimate of drug-likeness (QED) is 0.853. The van der Waals surface area contributed by atoms with Crippen LogP contribution in [0.3, 0.4) is 0 Å². The summed E-state index contributed by atoms with van der Waals surface area (Å²) in [6, 6.07) is 10.8. The number of hydrogen-bond acceptors (Lipinski definition) is 4. The highest BCUT2D eigenvalue weighted by molar-refractivity contribution is 7.92. The Morgan fingerprint density at radius 3 is 2.28 bits per heavy atom. The third kappa shape index (κ3) is 4.48. The second-order valence-corrected chi connectivity index (χ2v) is 7.26. The number of sulfonamides is 1. The normalized spacial score (nSPS) is 12.3. The van der Waals surface area contributed by atoms with Crippen molar-refractivity contribution in [3.63, 3.8) is 0 Å². The van der Waals surface area contributed by atoms with Crippen LogP contribution < -0.4 is 14.4 Å². The van der Waals surface area contributed by atoms with Crippen LogP contribution in [0.2, 0.25) is 0 Å². The Morgan fingerprint density at radius 2 is 1.76 bits per heavy atom. The number of carbonyl (C=O) groups is 1. The molecule has 0 aliphatic rings. The molecule has 0 saturated carbocycles. The van der Waals surface area contributed by atoms with Gasteiger partial charge in [-0.1, -0.05) is 12.1 Å². The maximum absolute atomic E-state index is 13.7. The summed E-state index contributed by atoms with van der Waals surface area (Å²) in [6.45, 7) is 1.43. The molecule has 2 aromatic carbocycles. The van der Waals surface area contributed by atoms with Crippen molar-refractivity contribution in [1.82, 2.24) is 0 Å². The Bertz CT molecular complexity index is 853. The average Bonchev–Trinajstić information content (AvgIpc) is 2.56. The SMILES string of the molecule is COc1ccc(N([C@H](C)C(=O)Nc2ccccc2F)S(C)(=O)=O)cc1. The van der Waals surface area contributed by atoms with E-state index < -0.39 is 27.8 Å². The van der Waals surface area contributed by atoms with Gasteiger partial charge >= 0.3 is 0 Å². The number of nitrogens with zero attached hydrogens (tertiary/aromatic N) is 1. The molecule has 0 unspecified atom stereocenters. The number of halogens is 1. The number of carbonyl (C=O) groups excluding carboxylic acids is 1. The van der Waals surface area contributed by atoms with Gasteiger partial charge in [0.05, 0.1) is 24.7 Å². The number of para-hydroxylation sites is 1. The largest absolute Gasteiger partial charge is 0.497 e. The molecule has 0 saturated heterocycles. The smallest absolute Gasteiger partial charge is 0.248 e. The van der Waals surface area contributed by atoms with Gasteiger partial charge in [-0.15, -0.1) is 0 Å². The first-order valence-corrected chi connectivity index (χ1v) is 9.27. The van der Waals surface area contributed by atoms with Crippen molar-refractivity contribution in [3.8, 4) is 5.75 Å². The second kappa shape index (κ2) is 7.52. The van der Waals surface area contributed by atoms with E-state index in [9.17, 15) is 17.6 Å². The molecule has 0 aromatic heterocycles. The molecule has 2 rings (SSSR count). The van der Waals surface area contributed by atoms with Gasteiger partial charge in [0.25, 0.3) is 0 Å². The van der Waals surface area contributed by atoms with Gasteiger partial charge in [0.2, 0.25) is 15.9 Å². The molecule has 0 fully saturated rings. The van der Waals surface area contributed by atoms with Gasteiger partial charge in [0.1, 0.15) is 17.6 Å². The van der Waals surface area contributed by atoms with Crippen molar-refractivity contribution in [3.05, 3.63) is 54.3 Å². The monoisotopic (exact) mass is 366 g/mol. The van der Waals surface area contributed by atoms with E-state index in [1.165, 1.54) is 44.4 Å². The molecule has 0 radical (unpaired) electrons. The van der Waals surface area contributed by atoms with Crippen LogP contribution in [-0.4, -0.2) is 33.7 Å². The summed E-state index contributed by atoms with van der Waals surface area (Å²) in [6.07, 6.45) is 1.00. The highest BCUT2D eigenvalue weighted by Gasteiger charge is 2.29. The van der Waals surface area contributed by atoms with E-state index in [0.29, 0.717) is 11.4 Å². The summed E-state index contributed by atoms with van der Waals surface area (Å²) in [4.78, 5) is 12.4. The number of nitrogens with one attached hydrogen (secondary N) is 1. The van der Waals surface area contributed by atoms with E-state index >= 15 is 0 Å². The van der Waals surface area contributed by atoms with Crippen LogP contribution in [0.25, 0.3) is 0 Å². The lowest BCUT2D eigenvalue weighted by molar-refractivity contribution is -0.116. The summed E-state index contributed by atoms with van der Waals surface area (Å²) >= 11 is 0. The van der Waals surface area contributed by atoms with Crippen molar-refractivity contribution >= 4 is 27.3 Å². The zero-order valence-corrected chi connectivity index (χ0v) is 14.9. The lowest BCUT2D eigenvalue weighted by atomic mass is 10.2. The van der Waals surface area contributed by atoms with Crippen molar-refractivity contribution in [2.24, 2.45) is 0 Å². The standard InChI is InChI=1S/C17H19FN2O4S/c1-12(17(21)19-16-7-5-4-6-15(16)18)20(25(3,22)23)13-8-10-14(24-2)11-9-13/h4-12H,1-3H3,(H,19,21)/t12-/m1/s1. The van der Waals surface area contributed by atoms with Gasteiger partial charge in [0.15, 0.2) is 0 Å². The molecule has 1 atom stereocenters. The van der Waals surface area contributed by atoms with Crippen LogP contribution in [0, 0.1) is 5.82 Å². The first-order chi connectivity index (χ1) is 11.7. The third-order valence-electron chi connectivity index (χ3n) is 3.55.